The van der Waals surface area contributed by atoms with Crippen LogP contribution in [-0.2, 0) is 16.0 Å². The maximum Gasteiger partial charge on any atom is 0.222 e. The van der Waals surface area contributed by atoms with Crippen molar-refractivity contribution in [2.45, 2.75) is 57.9 Å². The first kappa shape index (κ1) is 18.7. The van der Waals surface area contributed by atoms with E-state index in [9.17, 15) is 9.59 Å². The molecule has 26 heavy (non-hydrogen) atoms. The lowest BCUT2D eigenvalue weighted by Gasteiger charge is -2.46. The first-order chi connectivity index (χ1) is 12.6. The quantitative estimate of drug-likeness (QED) is 0.815. The fourth-order valence-corrected chi connectivity index (χ4v) is 4.78. The number of nitrogens with zero attached hydrogens (tertiary/aromatic N) is 1. The Labute approximate surface area is 156 Å². The van der Waals surface area contributed by atoms with Gasteiger partial charge in [0.15, 0.2) is 0 Å². The van der Waals surface area contributed by atoms with Crippen molar-refractivity contribution in [3.05, 3.63) is 29.8 Å². The monoisotopic (exact) mass is 358 g/mol. The zero-order valence-electron chi connectivity index (χ0n) is 15.9. The number of hydrogen-bond acceptors (Lipinski definition) is 3. The second-order valence-corrected chi connectivity index (χ2v) is 7.54. The topological polar surface area (TPSA) is 58.6 Å². The number of piperidine rings is 1. The predicted octanol–water partition coefficient (Wildman–Crippen LogP) is 2.93. The van der Waals surface area contributed by atoms with Gasteiger partial charge in [-0.15, -0.1) is 0 Å². The number of ether oxygens (including phenoxy) is 1. The minimum absolute atomic E-state index is 0.0734. The molecule has 0 bridgehead atoms. The number of rotatable bonds is 7. The van der Waals surface area contributed by atoms with Crippen molar-refractivity contribution in [2.24, 2.45) is 5.41 Å². The van der Waals surface area contributed by atoms with Gasteiger partial charge in [-0.3, -0.25) is 9.59 Å². The molecule has 2 amide bonds. The molecule has 1 aliphatic carbocycles. The van der Waals surface area contributed by atoms with Crippen LogP contribution >= 0.6 is 0 Å². The molecule has 0 aromatic heterocycles. The molecular weight excluding hydrogens is 328 g/mol. The SMILES string of the molecule is CCN1C(=O)CC[C@]2(CNC(=O)CCc3ccccc3OC)CCC[C@@H]12. The molecule has 0 radical (unpaired) electrons. The number of carbonyl (C=O) groups is 2. The minimum atomic E-state index is 0.0734. The number of para-hydroxylation sites is 1. The number of likely N-dealkylation sites (tertiary alicyclic amines) is 1. The van der Waals surface area contributed by atoms with Gasteiger partial charge >= 0.3 is 0 Å². The van der Waals surface area contributed by atoms with Crippen LogP contribution in [0.4, 0.5) is 0 Å². The first-order valence-electron chi connectivity index (χ1n) is 9.77. The van der Waals surface area contributed by atoms with E-state index in [2.05, 4.69) is 12.2 Å². The summed E-state index contributed by atoms with van der Waals surface area (Å²) in [6.45, 7) is 3.51. The number of aryl methyl sites for hydroxylation is 1. The van der Waals surface area contributed by atoms with Crippen molar-refractivity contribution in [1.82, 2.24) is 10.2 Å². The number of carbonyl (C=O) groups excluding carboxylic acids is 2. The molecule has 1 aromatic carbocycles. The Hall–Kier alpha value is -2.04. The maximum atomic E-state index is 12.4. The molecule has 1 heterocycles. The number of methoxy groups -OCH3 is 1. The number of hydrogen-bond donors (Lipinski definition) is 1. The summed E-state index contributed by atoms with van der Waals surface area (Å²) < 4.78 is 5.35. The van der Waals surface area contributed by atoms with E-state index < -0.39 is 0 Å². The molecule has 5 nitrogen and oxygen atoms in total. The highest BCUT2D eigenvalue weighted by Crippen LogP contribution is 2.47. The largest absolute Gasteiger partial charge is 0.496 e. The Kier molecular flexibility index (Phi) is 5.84. The van der Waals surface area contributed by atoms with Crippen molar-refractivity contribution in [3.8, 4) is 5.75 Å². The Balaban J connectivity index is 1.56. The van der Waals surface area contributed by atoms with Crippen LogP contribution in [0.15, 0.2) is 24.3 Å². The Morgan fingerprint density at radius 1 is 1.35 bits per heavy atom. The molecule has 142 valence electrons. The van der Waals surface area contributed by atoms with Crippen LogP contribution in [0, 0.1) is 5.41 Å². The normalized spacial score (nSPS) is 25.1. The van der Waals surface area contributed by atoms with Crippen LogP contribution < -0.4 is 10.1 Å². The van der Waals surface area contributed by atoms with Gasteiger partial charge in [0.1, 0.15) is 5.75 Å². The van der Waals surface area contributed by atoms with E-state index in [0.29, 0.717) is 31.8 Å². The van der Waals surface area contributed by atoms with Gasteiger partial charge in [-0.25, -0.2) is 0 Å². The van der Waals surface area contributed by atoms with Gasteiger partial charge in [-0.1, -0.05) is 24.6 Å². The zero-order valence-corrected chi connectivity index (χ0v) is 15.9. The summed E-state index contributed by atoms with van der Waals surface area (Å²) in [5, 5.41) is 3.16. The fourth-order valence-electron chi connectivity index (χ4n) is 4.78. The molecule has 2 atom stereocenters. The van der Waals surface area contributed by atoms with Gasteiger partial charge in [0.2, 0.25) is 11.8 Å². The number of amides is 2. The predicted molar refractivity (Wildman–Crippen MR) is 101 cm³/mol. The molecule has 1 aromatic rings. The molecule has 1 saturated carbocycles. The molecule has 1 saturated heterocycles. The maximum absolute atomic E-state index is 12.4. The highest BCUT2D eigenvalue weighted by molar-refractivity contribution is 5.78. The average molecular weight is 358 g/mol. The first-order valence-corrected chi connectivity index (χ1v) is 9.77. The highest BCUT2D eigenvalue weighted by Gasteiger charge is 2.49. The summed E-state index contributed by atoms with van der Waals surface area (Å²) in [6, 6.07) is 8.13. The van der Waals surface area contributed by atoms with Crippen LogP contribution in [0.1, 0.15) is 51.0 Å². The highest BCUT2D eigenvalue weighted by atomic mass is 16.5. The van der Waals surface area contributed by atoms with Crippen molar-refractivity contribution in [2.75, 3.05) is 20.2 Å². The molecule has 3 rings (SSSR count). The summed E-state index contributed by atoms with van der Waals surface area (Å²) in [4.78, 5) is 26.7. The molecule has 0 unspecified atom stereocenters. The van der Waals surface area contributed by atoms with Gasteiger partial charge in [0.05, 0.1) is 7.11 Å². The third-order valence-electron chi connectivity index (χ3n) is 6.18. The van der Waals surface area contributed by atoms with Crippen LogP contribution in [-0.4, -0.2) is 43.0 Å². The molecule has 5 heteroatoms. The Morgan fingerprint density at radius 2 is 2.15 bits per heavy atom. The van der Waals surface area contributed by atoms with E-state index in [4.69, 9.17) is 4.74 Å². The standard InChI is InChI=1S/C21H30N2O3/c1-3-23-18-9-6-13-21(18,14-12-20(23)25)15-22-19(24)11-10-16-7-4-5-8-17(16)26-2/h4-5,7-8,18H,3,6,9-15H2,1-2H3,(H,22,24)/t18-,21+/m1/s1. The van der Waals surface area contributed by atoms with Crippen LogP contribution in [0.2, 0.25) is 0 Å². The summed E-state index contributed by atoms with van der Waals surface area (Å²) >= 11 is 0. The molecule has 0 spiro atoms. The van der Waals surface area contributed by atoms with Gasteiger partial charge in [-0.05, 0) is 44.2 Å². The van der Waals surface area contributed by atoms with E-state index >= 15 is 0 Å². The van der Waals surface area contributed by atoms with E-state index in [1.807, 2.05) is 29.2 Å². The van der Waals surface area contributed by atoms with Gasteiger partial charge in [0.25, 0.3) is 0 Å². The van der Waals surface area contributed by atoms with Crippen LogP contribution in [0.25, 0.3) is 0 Å². The minimum Gasteiger partial charge on any atom is -0.496 e. The second kappa shape index (κ2) is 8.11. The Bertz CT molecular complexity index is 660. The lowest BCUT2D eigenvalue weighted by Crippen LogP contribution is -2.55. The molecule has 1 aliphatic heterocycles. The molecule has 2 fully saturated rings. The van der Waals surface area contributed by atoms with Crippen molar-refractivity contribution in [1.29, 1.82) is 0 Å². The van der Waals surface area contributed by atoms with E-state index in [0.717, 1.165) is 43.5 Å². The molecular formula is C21H30N2O3. The van der Waals surface area contributed by atoms with Crippen molar-refractivity contribution in [3.63, 3.8) is 0 Å². The third kappa shape index (κ3) is 3.71. The second-order valence-electron chi connectivity index (χ2n) is 7.54. The summed E-state index contributed by atoms with van der Waals surface area (Å²) in [5.74, 6) is 1.19. The molecule has 2 aliphatic rings. The number of nitrogens with one attached hydrogen (secondary N) is 1. The molecule has 1 N–H and O–H groups in total. The number of benzene rings is 1. The van der Waals surface area contributed by atoms with Gasteiger partial charge in [-0.2, -0.15) is 0 Å². The lowest BCUT2D eigenvalue weighted by atomic mass is 9.74. The van der Waals surface area contributed by atoms with Crippen molar-refractivity contribution >= 4 is 11.8 Å². The number of fused-ring (bicyclic) bond motifs is 1. The summed E-state index contributed by atoms with van der Waals surface area (Å²) in [6.07, 6.45) is 5.96. The lowest BCUT2D eigenvalue weighted by molar-refractivity contribution is -0.141. The fraction of sp³-hybridized carbons (Fsp3) is 0.619. The third-order valence-corrected chi connectivity index (χ3v) is 6.18. The van der Waals surface area contributed by atoms with E-state index in [1.54, 1.807) is 7.11 Å². The summed E-state index contributed by atoms with van der Waals surface area (Å²) in [7, 11) is 1.65. The van der Waals surface area contributed by atoms with E-state index in [-0.39, 0.29) is 17.2 Å². The average Bonchev–Trinajstić information content (AvgIpc) is 3.09. The smallest absolute Gasteiger partial charge is 0.222 e. The van der Waals surface area contributed by atoms with Crippen LogP contribution in [0.3, 0.4) is 0 Å². The summed E-state index contributed by atoms with van der Waals surface area (Å²) in [5.41, 5.74) is 1.13. The van der Waals surface area contributed by atoms with Crippen LogP contribution in [0.5, 0.6) is 5.75 Å². The Morgan fingerprint density at radius 3 is 2.92 bits per heavy atom. The van der Waals surface area contributed by atoms with Gasteiger partial charge in [0, 0.05) is 37.4 Å². The van der Waals surface area contributed by atoms with Gasteiger partial charge < -0.3 is 15.0 Å². The van der Waals surface area contributed by atoms with Crippen molar-refractivity contribution < 1.29 is 14.3 Å². The van der Waals surface area contributed by atoms with E-state index in [1.165, 1.54) is 0 Å². The zero-order chi connectivity index (χ0) is 18.6.